The second kappa shape index (κ2) is 10.6. The molecule has 1 aliphatic heterocycles. The van der Waals surface area contributed by atoms with Crippen LogP contribution in [0.4, 0.5) is 24.8 Å². The number of carbonyl (C=O) groups is 1. The van der Waals surface area contributed by atoms with E-state index in [0.29, 0.717) is 53.7 Å². The minimum atomic E-state index is -4.55. The van der Waals surface area contributed by atoms with Gasteiger partial charge in [0.1, 0.15) is 30.2 Å². The number of morpholine rings is 1. The number of aryl methyl sites for hydroxylation is 1. The predicted molar refractivity (Wildman–Crippen MR) is 129 cm³/mol. The summed E-state index contributed by atoms with van der Waals surface area (Å²) in [4.78, 5) is 26.3. The molecule has 4 rings (SSSR count). The molecular formula is C24H27F3N6O4. The second-order valence-corrected chi connectivity index (χ2v) is 8.53. The summed E-state index contributed by atoms with van der Waals surface area (Å²) in [5, 5.41) is 3.60. The van der Waals surface area contributed by atoms with Crippen molar-refractivity contribution < 1.29 is 32.2 Å². The van der Waals surface area contributed by atoms with Gasteiger partial charge < -0.3 is 30.2 Å². The molecule has 3 heterocycles. The Morgan fingerprint density at radius 3 is 2.70 bits per heavy atom. The molecule has 1 fully saturated rings. The molecule has 13 heteroatoms. The van der Waals surface area contributed by atoms with Crippen LogP contribution in [0.3, 0.4) is 0 Å². The van der Waals surface area contributed by atoms with Crippen LogP contribution in [0.1, 0.15) is 24.0 Å². The fourth-order valence-electron chi connectivity index (χ4n) is 3.99. The Balaban J connectivity index is 1.58. The normalized spacial score (nSPS) is 16.1. The number of fused-ring (bicyclic) bond motifs is 1. The molecule has 0 aliphatic carbocycles. The Morgan fingerprint density at radius 2 is 2.00 bits per heavy atom. The van der Waals surface area contributed by atoms with E-state index in [2.05, 4.69) is 20.3 Å². The lowest BCUT2D eigenvalue weighted by molar-refractivity contribution is -0.138. The summed E-state index contributed by atoms with van der Waals surface area (Å²) >= 11 is 0. The summed E-state index contributed by atoms with van der Waals surface area (Å²) in [5.74, 6) is 1.39. The molecule has 198 valence electrons. The van der Waals surface area contributed by atoms with Gasteiger partial charge in [0.2, 0.25) is 5.91 Å². The molecule has 0 spiro atoms. The molecule has 2 aromatic heterocycles. The third-order valence-corrected chi connectivity index (χ3v) is 5.76. The lowest BCUT2D eigenvalue weighted by Crippen LogP contribution is -2.46. The van der Waals surface area contributed by atoms with E-state index in [1.165, 1.54) is 14.0 Å². The summed E-state index contributed by atoms with van der Waals surface area (Å²) in [6.07, 6.45) is -4.86. The third-order valence-electron chi connectivity index (χ3n) is 5.76. The van der Waals surface area contributed by atoms with Crippen molar-refractivity contribution in [1.82, 2.24) is 19.9 Å². The lowest BCUT2D eigenvalue weighted by Gasteiger charge is -2.32. The third kappa shape index (κ3) is 6.28. The van der Waals surface area contributed by atoms with E-state index in [0.717, 1.165) is 12.1 Å². The Hall–Kier alpha value is -3.87. The molecule has 1 aliphatic rings. The zero-order chi connectivity index (χ0) is 26.7. The monoisotopic (exact) mass is 520 g/mol. The number of nitrogens with one attached hydrogen (secondary N) is 1. The van der Waals surface area contributed by atoms with E-state index in [-0.39, 0.29) is 36.7 Å². The van der Waals surface area contributed by atoms with E-state index in [4.69, 9.17) is 19.9 Å². The van der Waals surface area contributed by atoms with Crippen LogP contribution in [-0.4, -0.2) is 65.3 Å². The average molecular weight is 521 g/mol. The first-order valence-electron chi connectivity index (χ1n) is 11.5. The molecule has 0 radical (unpaired) electrons. The van der Waals surface area contributed by atoms with Gasteiger partial charge in [-0.25, -0.2) is 15.0 Å². The van der Waals surface area contributed by atoms with Crippen LogP contribution >= 0.6 is 0 Å². The number of nitrogens with zero attached hydrogens (tertiary/aromatic N) is 4. The van der Waals surface area contributed by atoms with Gasteiger partial charge in [-0.15, -0.1) is 0 Å². The molecule has 0 bridgehead atoms. The molecule has 37 heavy (non-hydrogen) atoms. The molecule has 1 saturated heterocycles. The summed E-state index contributed by atoms with van der Waals surface area (Å²) in [6.45, 7) is 4.68. The van der Waals surface area contributed by atoms with Crippen LogP contribution < -0.4 is 20.5 Å². The van der Waals surface area contributed by atoms with Crippen LogP contribution in [0.2, 0.25) is 0 Å². The summed E-state index contributed by atoms with van der Waals surface area (Å²) in [5.41, 5.74) is 5.36. The minimum absolute atomic E-state index is 0.0307. The number of methoxy groups -OCH3 is 1. The molecule has 3 N–H and O–H groups in total. The molecule has 3 aromatic rings. The highest BCUT2D eigenvalue weighted by molar-refractivity contribution is 5.91. The molecule has 1 atom stereocenters. The topological polar surface area (TPSA) is 125 Å². The van der Waals surface area contributed by atoms with Crippen molar-refractivity contribution in [1.29, 1.82) is 0 Å². The van der Waals surface area contributed by atoms with Crippen molar-refractivity contribution >= 4 is 28.4 Å². The summed E-state index contributed by atoms with van der Waals surface area (Å²) in [7, 11) is 1.50. The largest absolute Gasteiger partial charge is 0.493 e. The first-order chi connectivity index (χ1) is 17.5. The number of nitrogen functional groups attached to an aromatic ring is 1. The SMILES string of the molecule is COc1cc2nc(C)nc(NCc3cc(C(F)(F)F)cc(N)n3)c2cc1OC[C@@H]1CN(C(C)=O)CCO1. The highest BCUT2D eigenvalue weighted by Gasteiger charge is 2.31. The lowest BCUT2D eigenvalue weighted by atomic mass is 10.2. The number of aromatic nitrogens is 3. The molecular weight excluding hydrogens is 493 g/mol. The van der Waals surface area contributed by atoms with E-state index in [1.807, 2.05) is 0 Å². The maximum absolute atomic E-state index is 13.2. The van der Waals surface area contributed by atoms with Gasteiger partial charge in [0, 0.05) is 24.9 Å². The van der Waals surface area contributed by atoms with Gasteiger partial charge in [-0.2, -0.15) is 13.2 Å². The van der Waals surface area contributed by atoms with E-state index < -0.39 is 11.7 Å². The number of alkyl halides is 3. The number of pyridine rings is 1. The number of rotatable bonds is 7. The van der Waals surface area contributed by atoms with E-state index >= 15 is 0 Å². The number of carbonyl (C=O) groups excluding carboxylic acids is 1. The first-order valence-corrected chi connectivity index (χ1v) is 11.5. The number of hydrogen-bond acceptors (Lipinski definition) is 9. The fraction of sp³-hybridized carbons (Fsp3) is 0.417. The molecule has 1 amide bonds. The Morgan fingerprint density at radius 1 is 1.22 bits per heavy atom. The van der Waals surface area contributed by atoms with Crippen LogP contribution in [0.5, 0.6) is 11.5 Å². The van der Waals surface area contributed by atoms with Gasteiger partial charge in [0.25, 0.3) is 0 Å². The van der Waals surface area contributed by atoms with Crippen LogP contribution in [-0.2, 0) is 22.3 Å². The van der Waals surface area contributed by atoms with Crippen molar-refractivity contribution in [2.45, 2.75) is 32.7 Å². The van der Waals surface area contributed by atoms with Gasteiger partial charge in [-0.3, -0.25) is 4.79 Å². The van der Waals surface area contributed by atoms with Crippen molar-refractivity contribution in [2.24, 2.45) is 0 Å². The number of hydrogen-bond donors (Lipinski definition) is 2. The van der Waals surface area contributed by atoms with Gasteiger partial charge in [0.15, 0.2) is 11.5 Å². The van der Waals surface area contributed by atoms with Gasteiger partial charge in [-0.1, -0.05) is 0 Å². The molecule has 10 nitrogen and oxygen atoms in total. The van der Waals surface area contributed by atoms with Gasteiger partial charge in [-0.05, 0) is 25.1 Å². The molecule has 0 saturated carbocycles. The number of anilines is 2. The zero-order valence-corrected chi connectivity index (χ0v) is 20.6. The van der Waals surface area contributed by atoms with E-state index in [1.54, 1.807) is 24.0 Å². The Bertz CT molecular complexity index is 1300. The zero-order valence-electron chi connectivity index (χ0n) is 20.6. The van der Waals surface area contributed by atoms with Crippen LogP contribution in [0, 0.1) is 6.92 Å². The summed E-state index contributed by atoms with van der Waals surface area (Å²) in [6, 6.07) is 5.10. The van der Waals surface area contributed by atoms with Crippen molar-refractivity contribution in [3.63, 3.8) is 0 Å². The van der Waals surface area contributed by atoms with E-state index in [9.17, 15) is 18.0 Å². The minimum Gasteiger partial charge on any atom is -0.493 e. The summed E-state index contributed by atoms with van der Waals surface area (Å²) < 4.78 is 56.7. The highest BCUT2D eigenvalue weighted by atomic mass is 19.4. The standard InChI is InChI=1S/C24H27F3N6O4/c1-13-30-19-9-20(35-3)21(37-12-17-11-33(14(2)34)4-5-36-17)8-18(19)23(31-13)29-10-16-6-15(24(25,26)27)7-22(28)32-16/h6-9,17H,4-5,10-12H2,1-3H3,(H2,28,32)(H,29,30,31)/t17-/m0/s1. The highest BCUT2D eigenvalue weighted by Crippen LogP contribution is 2.35. The number of nitrogens with two attached hydrogens (primary N) is 1. The van der Waals surface area contributed by atoms with Gasteiger partial charge >= 0.3 is 6.18 Å². The first kappa shape index (κ1) is 26.2. The smallest absolute Gasteiger partial charge is 0.416 e. The van der Waals surface area contributed by atoms with Crippen molar-refractivity contribution in [3.8, 4) is 11.5 Å². The maximum atomic E-state index is 13.2. The Labute approximate surface area is 210 Å². The number of amides is 1. The average Bonchev–Trinajstić information content (AvgIpc) is 2.84. The Kier molecular flexibility index (Phi) is 7.52. The second-order valence-electron chi connectivity index (χ2n) is 8.53. The fourth-order valence-corrected chi connectivity index (χ4v) is 3.99. The van der Waals surface area contributed by atoms with Crippen molar-refractivity contribution in [2.75, 3.05) is 44.5 Å². The van der Waals surface area contributed by atoms with Crippen LogP contribution in [0.25, 0.3) is 10.9 Å². The number of halogens is 3. The number of benzene rings is 1. The maximum Gasteiger partial charge on any atom is 0.416 e. The number of ether oxygens (including phenoxy) is 3. The molecule has 0 unspecified atom stereocenters. The van der Waals surface area contributed by atoms with Crippen LogP contribution in [0.15, 0.2) is 24.3 Å². The molecule has 1 aromatic carbocycles. The quantitative estimate of drug-likeness (QED) is 0.483. The predicted octanol–water partition coefficient (Wildman–Crippen LogP) is 3.18. The van der Waals surface area contributed by atoms with Gasteiger partial charge in [0.05, 0.1) is 43.6 Å². The van der Waals surface area contributed by atoms with Crippen molar-refractivity contribution in [3.05, 3.63) is 41.3 Å².